The molecule has 1 saturated heterocycles. The molecule has 0 aromatic heterocycles. The number of benzene rings is 1. The molecule has 1 N–H and O–H groups in total. The van der Waals surface area contributed by atoms with Gasteiger partial charge in [0.15, 0.2) is 0 Å². The summed E-state index contributed by atoms with van der Waals surface area (Å²) in [6.07, 6.45) is 1.21. The van der Waals surface area contributed by atoms with E-state index in [9.17, 15) is 9.59 Å². The van der Waals surface area contributed by atoms with Gasteiger partial charge in [0.1, 0.15) is 5.60 Å². The Morgan fingerprint density at radius 3 is 2.72 bits per heavy atom. The zero-order valence-corrected chi connectivity index (χ0v) is 16.1. The molecule has 5 nitrogen and oxygen atoms in total. The predicted octanol–water partition coefficient (Wildman–Crippen LogP) is 4.16. The van der Waals surface area contributed by atoms with Crippen molar-refractivity contribution in [2.45, 2.75) is 52.2 Å². The Bertz CT molecular complexity index is 627. The number of carbonyl (C=O) groups is 2. The maximum atomic E-state index is 12.6. The lowest BCUT2D eigenvalue weighted by molar-refractivity contribution is -0.127. The van der Waals surface area contributed by atoms with Crippen LogP contribution in [0.5, 0.6) is 0 Å². The van der Waals surface area contributed by atoms with Crippen LogP contribution in [-0.4, -0.2) is 35.6 Å². The molecule has 1 fully saturated rings. The van der Waals surface area contributed by atoms with Crippen LogP contribution in [0.15, 0.2) is 24.3 Å². The highest BCUT2D eigenvalue weighted by molar-refractivity contribution is 6.30. The highest BCUT2D eigenvalue weighted by atomic mass is 35.5. The fraction of sp³-hybridized carbons (Fsp3) is 0.579. The maximum Gasteiger partial charge on any atom is 0.410 e. The Labute approximate surface area is 154 Å². The van der Waals surface area contributed by atoms with Gasteiger partial charge in [-0.05, 0) is 58.2 Å². The molecule has 2 amide bonds. The van der Waals surface area contributed by atoms with Crippen molar-refractivity contribution in [3.8, 4) is 0 Å². The van der Waals surface area contributed by atoms with Crippen molar-refractivity contribution < 1.29 is 14.3 Å². The van der Waals surface area contributed by atoms with Crippen molar-refractivity contribution in [2.24, 2.45) is 5.92 Å². The minimum absolute atomic E-state index is 0.0410. The van der Waals surface area contributed by atoms with Gasteiger partial charge in [-0.2, -0.15) is 0 Å². The van der Waals surface area contributed by atoms with E-state index >= 15 is 0 Å². The molecular weight excluding hydrogens is 340 g/mol. The number of likely N-dealkylation sites (tertiary alicyclic amines) is 1. The number of rotatable bonds is 3. The quantitative estimate of drug-likeness (QED) is 0.873. The second-order valence-electron chi connectivity index (χ2n) is 7.55. The van der Waals surface area contributed by atoms with Gasteiger partial charge < -0.3 is 15.0 Å². The molecule has 1 aliphatic heterocycles. The molecule has 0 spiro atoms. The van der Waals surface area contributed by atoms with Crippen LogP contribution in [0.2, 0.25) is 5.02 Å². The van der Waals surface area contributed by atoms with E-state index in [1.54, 1.807) is 11.0 Å². The molecule has 6 heteroatoms. The van der Waals surface area contributed by atoms with Crippen LogP contribution in [-0.2, 0) is 9.53 Å². The Balaban J connectivity index is 1.94. The van der Waals surface area contributed by atoms with Crippen molar-refractivity contribution in [3.63, 3.8) is 0 Å². The molecule has 0 aliphatic carbocycles. The van der Waals surface area contributed by atoms with E-state index in [4.69, 9.17) is 16.3 Å². The largest absolute Gasteiger partial charge is 0.444 e. The molecule has 1 aromatic rings. The zero-order chi connectivity index (χ0) is 18.6. The second kappa shape index (κ2) is 8.09. The standard InChI is InChI=1S/C19H27ClN2O3/c1-13(14-7-5-9-16(20)11-14)21-17(23)15-8-6-10-22(12-15)18(24)25-19(2,3)4/h5,7,9,11,13,15H,6,8,10,12H2,1-4H3,(H,21,23). The maximum absolute atomic E-state index is 12.6. The third-order valence-electron chi connectivity index (χ3n) is 4.15. The Morgan fingerprint density at radius 2 is 2.08 bits per heavy atom. The average Bonchev–Trinajstić information content (AvgIpc) is 2.53. The van der Waals surface area contributed by atoms with E-state index in [2.05, 4.69) is 5.32 Å². The van der Waals surface area contributed by atoms with Gasteiger partial charge in [-0.15, -0.1) is 0 Å². The predicted molar refractivity (Wildman–Crippen MR) is 98.5 cm³/mol. The lowest BCUT2D eigenvalue weighted by Crippen LogP contribution is -2.47. The first-order chi connectivity index (χ1) is 11.7. The van der Waals surface area contributed by atoms with Crippen LogP contribution in [0.4, 0.5) is 4.79 Å². The lowest BCUT2D eigenvalue weighted by Gasteiger charge is -2.34. The lowest BCUT2D eigenvalue weighted by atomic mass is 9.96. The van der Waals surface area contributed by atoms with Gasteiger partial charge in [-0.3, -0.25) is 4.79 Å². The summed E-state index contributed by atoms with van der Waals surface area (Å²) in [6.45, 7) is 8.46. The molecule has 25 heavy (non-hydrogen) atoms. The van der Waals surface area contributed by atoms with E-state index in [0.717, 1.165) is 18.4 Å². The summed E-state index contributed by atoms with van der Waals surface area (Å²) in [5.41, 5.74) is 0.425. The first-order valence-corrected chi connectivity index (χ1v) is 9.07. The highest BCUT2D eigenvalue weighted by Gasteiger charge is 2.31. The summed E-state index contributed by atoms with van der Waals surface area (Å²) >= 11 is 6.01. The zero-order valence-electron chi connectivity index (χ0n) is 15.3. The van der Waals surface area contributed by atoms with Crippen LogP contribution in [0.3, 0.4) is 0 Å². The smallest absolute Gasteiger partial charge is 0.410 e. The van der Waals surface area contributed by atoms with Crippen molar-refractivity contribution in [3.05, 3.63) is 34.9 Å². The van der Waals surface area contributed by atoms with Crippen LogP contribution in [0.1, 0.15) is 52.1 Å². The van der Waals surface area contributed by atoms with Crippen molar-refractivity contribution >= 4 is 23.6 Å². The third-order valence-corrected chi connectivity index (χ3v) is 4.39. The van der Waals surface area contributed by atoms with E-state index in [-0.39, 0.29) is 24.0 Å². The Morgan fingerprint density at radius 1 is 1.36 bits per heavy atom. The van der Waals surface area contributed by atoms with E-state index < -0.39 is 5.60 Å². The number of hydrogen-bond acceptors (Lipinski definition) is 3. The van der Waals surface area contributed by atoms with Gasteiger partial charge in [-0.25, -0.2) is 4.79 Å². The van der Waals surface area contributed by atoms with Crippen LogP contribution < -0.4 is 5.32 Å². The number of piperidine rings is 1. The Hall–Kier alpha value is -1.75. The summed E-state index contributed by atoms with van der Waals surface area (Å²) < 4.78 is 5.41. The molecule has 1 aliphatic rings. The molecular formula is C19H27ClN2O3. The molecule has 138 valence electrons. The van der Waals surface area contributed by atoms with Crippen molar-refractivity contribution in [1.29, 1.82) is 0 Å². The minimum Gasteiger partial charge on any atom is -0.444 e. The topological polar surface area (TPSA) is 58.6 Å². The van der Waals surface area contributed by atoms with Crippen LogP contribution in [0, 0.1) is 5.92 Å². The number of halogens is 1. The number of ether oxygens (including phenoxy) is 1. The summed E-state index contributed by atoms with van der Waals surface area (Å²) in [4.78, 5) is 26.4. The third kappa shape index (κ3) is 5.92. The summed E-state index contributed by atoms with van der Waals surface area (Å²) in [5, 5.41) is 3.67. The second-order valence-corrected chi connectivity index (χ2v) is 7.99. The SMILES string of the molecule is CC(NC(=O)C1CCCN(C(=O)OC(C)(C)C)C1)c1cccc(Cl)c1. The molecule has 0 bridgehead atoms. The van der Waals surface area contributed by atoms with E-state index in [1.165, 1.54) is 0 Å². The normalized spacial score (nSPS) is 19.2. The first-order valence-electron chi connectivity index (χ1n) is 8.69. The number of nitrogens with zero attached hydrogens (tertiary/aromatic N) is 1. The fourth-order valence-corrected chi connectivity index (χ4v) is 3.07. The van der Waals surface area contributed by atoms with Crippen molar-refractivity contribution in [1.82, 2.24) is 10.2 Å². The summed E-state index contributed by atoms with van der Waals surface area (Å²) in [7, 11) is 0. The number of amides is 2. The van der Waals surface area contributed by atoms with Crippen molar-refractivity contribution in [2.75, 3.05) is 13.1 Å². The molecule has 0 saturated carbocycles. The summed E-state index contributed by atoms with van der Waals surface area (Å²) in [6, 6.07) is 7.32. The molecule has 1 aromatic carbocycles. The first kappa shape index (κ1) is 19.6. The van der Waals surface area contributed by atoms with Gasteiger partial charge in [0.2, 0.25) is 5.91 Å². The van der Waals surface area contributed by atoms with Crippen LogP contribution in [0.25, 0.3) is 0 Å². The monoisotopic (exact) mass is 366 g/mol. The van der Waals surface area contributed by atoms with Gasteiger partial charge in [0, 0.05) is 18.1 Å². The molecule has 2 atom stereocenters. The molecule has 2 unspecified atom stereocenters. The van der Waals surface area contributed by atoms with Gasteiger partial charge in [-0.1, -0.05) is 23.7 Å². The molecule has 1 heterocycles. The van der Waals surface area contributed by atoms with Gasteiger partial charge in [0.25, 0.3) is 0 Å². The number of nitrogens with one attached hydrogen (secondary N) is 1. The minimum atomic E-state index is -0.534. The summed E-state index contributed by atoms with van der Waals surface area (Å²) in [5.74, 6) is -0.261. The van der Waals surface area contributed by atoms with Gasteiger partial charge in [0.05, 0.1) is 12.0 Å². The molecule has 2 rings (SSSR count). The van der Waals surface area contributed by atoms with E-state index in [0.29, 0.717) is 18.1 Å². The highest BCUT2D eigenvalue weighted by Crippen LogP contribution is 2.22. The van der Waals surface area contributed by atoms with E-state index in [1.807, 2.05) is 45.9 Å². The fourth-order valence-electron chi connectivity index (χ4n) is 2.87. The number of hydrogen-bond donors (Lipinski definition) is 1. The van der Waals surface area contributed by atoms with Gasteiger partial charge >= 0.3 is 6.09 Å². The average molecular weight is 367 g/mol. The molecule has 0 radical (unpaired) electrons. The van der Waals surface area contributed by atoms with Crippen LogP contribution >= 0.6 is 11.6 Å². The number of carbonyl (C=O) groups excluding carboxylic acids is 2. The Kier molecular flexibility index (Phi) is 6.33.